The van der Waals surface area contributed by atoms with Crippen LogP contribution in [-0.4, -0.2) is 49.0 Å². The highest BCUT2D eigenvalue weighted by molar-refractivity contribution is 6.32. The summed E-state index contributed by atoms with van der Waals surface area (Å²) in [4.78, 5) is 12.2. The molecule has 1 aromatic carbocycles. The molecule has 0 aliphatic rings. The van der Waals surface area contributed by atoms with Gasteiger partial charge in [-0.25, -0.2) is 4.68 Å². The molecule has 6 nitrogen and oxygen atoms in total. The number of amides is 1. The molecule has 1 aromatic heterocycles. The van der Waals surface area contributed by atoms with E-state index in [2.05, 4.69) is 15.7 Å². The van der Waals surface area contributed by atoms with Crippen LogP contribution in [0.2, 0.25) is 5.02 Å². The molecule has 0 spiro atoms. The zero-order chi connectivity index (χ0) is 16.7. The summed E-state index contributed by atoms with van der Waals surface area (Å²) in [5.41, 5.74) is 2.05. The third-order valence-electron chi connectivity index (χ3n) is 3.41. The van der Waals surface area contributed by atoms with Crippen molar-refractivity contribution in [2.45, 2.75) is 6.92 Å². The molecule has 0 bridgehead atoms. The van der Waals surface area contributed by atoms with Crippen LogP contribution in [0.3, 0.4) is 0 Å². The van der Waals surface area contributed by atoms with Crippen LogP contribution in [-0.2, 0) is 4.74 Å². The first kappa shape index (κ1) is 20.4. The molecule has 0 aliphatic heterocycles. The highest BCUT2D eigenvalue weighted by Gasteiger charge is 2.15. The van der Waals surface area contributed by atoms with E-state index in [-0.39, 0.29) is 18.3 Å². The molecule has 0 saturated carbocycles. The number of rotatable bonds is 8. The normalized spacial score (nSPS) is 10.3. The minimum atomic E-state index is -0.144. The van der Waals surface area contributed by atoms with E-state index in [1.54, 1.807) is 24.1 Å². The van der Waals surface area contributed by atoms with Gasteiger partial charge in [0.05, 0.1) is 34.8 Å². The highest BCUT2D eigenvalue weighted by Crippen LogP contribution is 2.21. The molecule has 132 valence electrons. The minimum absolute atomic E-state index is 0. The summed E-state index contributed by atoms with van der Waals surface area (Å²) < 4.78 is 6.61. The molecule has 0 saturated heterocycles. The highest BCUT2D eigenvalue weighted by atomic mass is 35.5. The van der Waals surface area contributed by atoms with Crippen LogP contribution in [0.25, 0.3) is 5.69 Å². The molecule has 0 atom stereocenters. The summed E-state index contributed by atoms with van der Waals surface area (Å²) in [7, 11) is 1.66. The zero-order valence-corrected chi connectivity index (χ0v) is 15.3. The van der Waals surface area contributed by atoms with Crippen LogP contribution in [0, 0.1) is 6.92 Å². The van der Waals surface area contributed by atoms with Gasteiger partial charge in [0.1, 0.15) is 0 Å². The van der Waals surface area contributed by atoms with Crippen molar-refractivity contribution in [3.63, 3.8) is 0 Å². The lowest BCUT2D eigenvalue weighted by atomic mass is 10.2. The second-order valence-electron chi connectivity index (χ2n) is 5.01. The fourth-order valence-electron chi connectivity index (χ4n) is 2.16. The number of hydrogen-bond acceptors (Lipinski definition) is 4. The average Bonchev–Trinajstić information content (AvgIpc) is 2.92. The van der Waals surface area contributed by atoms with E-state index in [0.29, 0.717) is 30.3 Å². The van der Waals surface area contributed by atoms with Crippen molar-refractivity contribution in [3.8, 4) is 5.69 Å². The standard InChI is InChI=1S/C16H21ClN4O2.ClH/c1-12-13(16(22)19-8-7-18-9-10-23-2)11-20-21(12)15-6-4-3-5-14(15)17;/h3-6,11,18H,7-10H2,1-2H3,(H,19,22);1H. The second kappa shape index (κ2) is 10.3. The molecule has 0 aliphatic carbocycles. The number of methoxy groups -OCH3 is 1. The summed E-state index contributed by atoms with van der Waals surface area (Å²) in [6.07, 6.45) is 1.56. The van der Waals surface area contributed by atoms with Gasteiger partial charge in [0, 0.05) is 26.7 Å². The van der Waals surface area contributed by atoms with E-state index in [1.165, 1.54) is 0 Å². The van der Waals surface area contributed by atoms with Gasteiger partial charge >= 0.3 is 0 Å². The van der Waals surface area contributed by atoms with Crippen LogP contribution in [0.15, 0.2) is 30.5 Å². The maximum Gasteiger partial charge on any atom is 0.254 e. The Balaban J connectivity index is 0.00000288. The molecule has 1 heterocycles. The minimum Gasteiger partial charge on any atom is -0.383 e. The Morgan fingerprint density at radius 2 is 2.04 bits per heavy atom. The van der Waals surface area contributed by atoms with E-state index < -0.39 is 0 Å². The summed E-state index contributed by atoms with van der Waals surface area (Å²) in [5, 5.41) is 10.9. The van der Waals surface area contributed by atoms with Crippen molar-refractivity contribution in [3.05, 3.63) is 46.7 Å². The van der Waals surface area contributed by atoms with Crippen molar-refractivity contribution in [1.82, 2.24) is 20.4 Å². The van der Waals surface area contributed by atoms with Gasteiger partial charge in [0.15, 0.2) is 0 Å². The van der Waals surface area contributed by atoms with Gasteiger partial charge < -0.3 is 15.4 Å². The SMILES string of the molecule is COCCNCCNC(=O)c1cnn(-c2ccccc2Cl)c1C.Cl. The molecule has 24 heavy (non-hydrogen) atoms. The summed E-state index contributed by atoms with van der Waals surface area (Å²) >= 11 is 6.18. The predicted octanol–water partition coefficient (Wildman–Crippen LogP) is 2.22. The molecule has 8 heteroatoms. The first-order chi connectivity index (χ1) is 11.1. The van der Waals surface area contributed by atoms with Crippen LogP contribution in [0.4, 0.5) is 0 Å². The molecule has 0 unspecified atom stereocenters. The molecular weight excluding hydrogens is 351 g/mol. The number of carbonyl (C=O) groups excluding carboxylic acids is 1. The Morgan fingerprint density at radius 1 is 1.29 bits per heavy atom. The monoisotopic (exact) mass is 372 g/mol. The van der Waals surface area contributed by atoms with Gasteiger partial charge in [0.25, 0.3) is 5.91 Å². The Labute approximate surface area is 152 Å². The van der Waals surface area contributed by atoms with Gasteiger partial charge in [-0.05, 0) is 19.1 Å². The van der Waals surface area contributed by atoms with Gasteiger partial charge in [-0.2, -0.15) is 5.10 Å². The fourth-order valence-corrected chi connectivity index (χ4v) is 2.37. The van der Waals surface area contributed by atoms with Gasteiger partial charge in [-0.15, -0.1) is 12.4 Å². The molecule has 1 amide bonds. The molecule has 2 N–H and O–H groups in total. The number of halogens is 2. The summed E-state index contributed by atoms with van der Waals surface area (Å²) in [6.45, 7) is 4.49. The van der Waals surface area contributed by atoms with E-state index >= 15 is 0 Å². The maximum absolute atomic E-state index is 12.2. The number of para-hydroxylation sites is 1. The lowest BCUT2D eigenvalue weighted by molar-refractivity contribution is 0.0953. The summed E-state index contributed by atoms with van der Waals surface area (Å²) in [6, 6.07) is 7.40. The van der Waals surface area contributed by atoms with Crippen molar-refractivity contribution < 1.29 is 9.53 Å². The number of aromatic nitrogens is 2. The van der Waals surface area contributed by atoms with Gasteiger partial charge in [-0.3, -0.25) is 4.79 Å². The Bertz CT molecular complexity index is 661. The number of nitrogens with one attached hydrogen (secondary N) is 2. The molecule has 2 aromatic rings. The van der Waals surface area contributed by atoms with Crippen molar-refractivity contribution in [2.75, 3.05) is 33.4 Å². The van der Waals surface area contributed by atoms with E-state index in [1.807, 2.05) is 25.1 Å². The summed E-state index contributed by atoms with van der Waals surface area (Å²) in [5.74, 6) is -0.144. The number of hydrogen-bond donors (Lipinski definition) is 2. The lowest BCUT2D eigenvalue weighted by Crippen LogP contribution is -2.33. The fraction of sp³-hybridized carbons (Fsp3) is 0.375. The first-order valence-corrected chi connectivity index (χ1v) is 7.80. The quantitative estimate of drug-likeness (QED) is 0.697. The molecule has 0 radical (unpaired) electrons. The lowest BCUT2D eigenvalue weighted by Gasteiger charge is -2.08. The molecule has 0 fully saturated rings. The number of benzene rings is 1. The number of nitrogens with zero attached hydrogens (tertiary/aromatic N) is 2. The van der Waals surface area contributed by atoms with Crippen LogP contribution >= 0.6 is 24.0 Å². The third-order valence-corrected chi connectivity index (χ3v) is 3.72. The average molecular weight is 373 g/mol. The molecule has 2 rings (SSSR count). The van der Waals surface area contributed by atoms with Crippen LogP contribution < -0.4 is 10.6 Å². The van der Waals surface area contributed by atoms with E-state index in [0.717, 1.165) is 17.9 Å². The van der Waals surface area contributed by atoms with Gasteiger partial charge in [-0.1, -0.05) is 23.7 Å². The largest absolute Gasteiger partial charge is 0.383 e. The van der Waals surface area contributed by atoms with Crippen molar-refractivity contribution >= 4 is 29.9 Å². The zero-order valence-electron chi connectivity index (χ0n) is 13.7. The maximum atomic E-state index is 12.2. The topological polar surface area (TPSA) is 68.2 Å². The second-order valence-corrected chi connectivity index (χ2v) is 5.41. The Hall–Kier alpha value is -1.60. The first-order valence-electron chi connectivity index (χ1n) is 7.42. The Kier molecular flexibility index (Phi) is 8.78. The Morgan fingerprint density at radius 3 is 2.75 bits per heavy atom. The van der Waals surface area contributed by atoms with E-state index in [4.69, 9.17) is 16.3 Å². The van der Waals surface area contributed by atoms with Crippen LogP contribution in [0.1, 0.15) is 16.1 Å². The number of ether oxygens (including phenoxy) is 1. The smallest absolute Gasteiger partial charge is 0.254 e. The third kappa shape index (κ3) is 5.21. The van der Waals surface area contributed by atoms with Gasteiger partial charge in [0.2, 0.25) is 0 Å². The molecular formula is C16H22Cl2N4O2. The number of carbonyl (C=O) groups is 1. The van der Waals surface area contributed by atoms with Crippen LogP contribution in [0.5, 0.6) is 0 Å². The van der Waals surface area contributed by atoms with Crippen molar-refractivity contribution in [1.29, 1.82) is 0 Å². The van der Waals surface area contributed by atoms with E-state index in [9.17, 15) is 4.79 Å². The van der Waals surface area contributed by atoms with Crippen molar-refractivity contribution in [2.24, 2.45) is 0 Å². The predicted molar refractivity (Wildman–Crippen MR) is 97.6 cm³/mol.